The summed E-state index contributed by atoms with van der Waals surface area (Å²) in [5.74, 6) is 0.288. The summed E-state index contributed by atoms with van der Waals surface area (Å²) in [6, 6.07) is 9.58. The fourth-order valence-corrected chi connectivity index (χ4v) is 5.94. The number of nitrogens with zero attached hydrogens (tertiary/aromatic N) is 3. The van der Waals surface area contributed by atoms with E-state index in [2.05, 4.69) is 22.0 Å². The van der Waals surface area contributed by atoms with Crippen LogP contribution in [0.2, 0.25) is 0 Å². The van der Waals surface area contributed by atoms with Gasteiger partial charge in [0.05, 0.1) is 24.2 Å². The maximum absolute atomic E-state index is 13.8. The second-order valence-corrected chi connectivity index (χ2v) is 10.5. The number of rotatable bonds is 10. The molecule has 0 aliphatic carbocycles. The number of hydrogen-bond donors (Lipinski definition) is 2. The molecule has 1 saturated heterocycles. The van der Waals surface area contributed by atoms with Gasteiger partial charge in [0.1, 0.15) is 35.8 Å². The van der Waals surface area contributed by atoms with Crippen LogP contribution in [0.4, 0.5) is 5.82 Å². The number of anilines is 1. The minimum atomic E-state index is -4.00. The van der Waals surface area contributed by atoms with E-state index in [0.717, 1.165) is 5.39 Å². The molecule has 3 N–H and O–H groups in total. The van der Waals surface area contributed by atoms with Crippen molar-refractivity contribution in [2.24, 2.45) is 5.92 Å². The first-order valence-corrected chi connectivity index (χ1v) is 13.4. The van der Waals surface area contributed by atoms with E-state index in [-0.39, 0.29) is 18.8 Å². The molecule has 11 nitrogen and oxygen atoms in total. The maximum atomic E-state index is 13.8. The standard InChI is InChI=1S/C24H32N5O6P/c1-5-32-24(30)16(3)28-36(31,35-18-9-7-6-8-10-18)34-17(4)20-13-15(2)23(33-20)29-12-11-19-21(25)26-14-27-22(19)29/h6-12,14-17,20,23H,5,13H2,1-4H3,(H,28,31)(H2,25,26,27). The van der Waals surface area contributed by atoms with Crippen molar-refractivity contribution in [3.63, 3.8) is 0 Å². The number of nitrogen functional groups attached to an aromatic ring is 1. The number of benzene rings is 1. The van der Waals surface area contributed by atoms with Crippen molar-refractivity contribution in [2.75, 3.05) is 12.3 Å². The Kier molecular flexibility index (Phi) is 7.94. The molecular formula is C24H32N5O6P. The van der Waals surface area contributed by atoms with Crippen molar-refractivity contribution in [3.05, 3.63) is 48.9 Å². The Hall–Kier alpha value is -2.98. The minimum absolute atomic E-state index is 0.105. The SMILES string of the molecule is CCOC(=O)C(C)NP(=O)(Oc1ccccc1)OC(C)C1CC(C)C(n2ccc3c(N)ncnc32)O1. The lowest BCUT2D eigenvalue weighted by Gasteiger charge is -2.28. The van der Waals surface area contributed by atoms with Crippen LogP contribution in [0.1, 0.15) is 40.3 Å². The summed E-state index contributed by atoms with van der Waals surface area (Å²) in [7, 11) is -4.00. The summed E-state index contributed by atoms with van der Waals surface area (Å²) >= 11 is 0. The van der Waals surface area contributed by atoms with Gasteiger partial charge in [-0.15, -0.1) is 0 Å². The second kappa shape index (κ2) is 11.0. The van der Waals surface area contributed by atoms with Crippen molar-refractivity contribution >= 4 is 30.6 Å². The summed E-state index contributed by atoms with van der Waals surface area (Å²) in [5.41, 5.74) is 6.66. The Balaban J connectivity index is 1.51. The van der Waals surface area contributed by atoms with Crippen LogP contribution >= 0.6 is 7.75 Å². The predicted molar refractivity (Wildman–Crippen MR) is 134 cm³/mol. The summed E-state index contributed by atoms with van der Waals surface area (Å²) in [6.45, 7) is 7.28. The highest BCUT2D eigenvalue weighted by atomic mass is 31.2. The van der Waals surface area contributed by atoms with Crippen LogP contribution in [0.3, 0.4) is 0 Å². The number of aromatic nitrogens is 3. The molecule has 0 bridgehead atoms. The van der Waals surface area contributed by atoms with Gasteiger partial charge in [0.2, 0.25) is 0 Å². The van der Waals surface area contributed by atoms with Gasteiger partial charge < -0.3 is 24.3 Å². The molecule has 0 amide bonds. The van der Waals surface area contributed by atoms with Crippen molar-refractivity contribution < 1.29 is 27.9 Å². The van der Waals surface area contributed by atoms with Gasteiger partial charge in [-0.05, 0) is 45.4 Å². The zero-order chi connectivity index (χ0) is 25.9. The molecule has 0 radical (unpaired) electrons. The lowest BCUT2D eigenvalue weighted by molar-refractivity contribution is -0.144. The first kappa shape index (κ1) is 26.1. The smallest absolute Gasteiger partial charge is 0.459 e. The minimum Gasteiger partial charge on any atom is -0.465 e. The Bertz CT molecular complexity index is 1240. The third-order valence-electron chi connectivity index (χ3n) is 6.01. The highest BCUT2D eigenvalue weighted by Gasteiger charge is 2.42. The van der Waals surface area contributed by atoms with E-state index >= 15 is 0 Å². The van der Waals surface area contributed by atoms with Gasteiger partial charge in [-0.3, -0.25) is 9.32 Å². The molecular weight excluding hydrogens is 485 g/mol. The summed E-state index contributed by atoms with van der Waals surface area (Å²) < 4.78 is 38.9. The number of carbonyl (C=O) groups is 1. The van der Waals surface area contributed by atoms with E-state index < -0.39 is 32.0 Å². The number of esters is 1. The topological polar surface area (TPSA) is 140 Å². The Morgan fingerprint density at radius 3 is 2.75 bits per heavy atom. The van der Waals surface area contributed by atoms with Crippen molar-refractivity contribution in [2.45, 2.75) is 58.6 Å². The Morgan fingerprint density at radius 2 is 2.03 bits per heavy atom. The molecule has 1 aromatic carbocycles. The number of hydrogen-bond acceptors (Lipinski definition) is 9. The molecule has 194 valence electrons. The maximum Gasteiger partial charge on any atom is 0.459 e. The van der Waals surface area contributed by atoms with Gasteiger partial charge >= 0.3 is 13.7 Å². The number of ether oxygens (including phenoxy) is 2. The molecule has 1 aliphatic heterocycles. The number of para-hydroxylation sites is 1. The average molecular weight is 518 g/mol. The van der Waals surface area contributed by atoms with Crippen molar-refractivity contribution in [1.29, 1.82) is 0 Å². The zero-order valence-corrected chi connectivity index (χ0v) is 21.6. The zero-order valence-electron chi connectivity index (χ0n) is 20.7. The number of carbonyl (C=O) groups excluding carboxylic acids is 1. The first-order chi connectivity index (χ1) is 17.2. The van der Waals surface area contributed by atoms with E-state index in [1.54, 1.807) is 45.0 Å². The van der Waals surface area contributed by atoms with Crippen LogP contribution in [-0.4, -0.2) is 45.4 Å². The van der Waals surface area contributed by atoms with Gasteiger partial charge in [0.25, 0.3) is 0 Å². The fourth-order valence-electron chi connectivity index (χ4n) is 4.23. The monoisotopic (exact) mass is 517 g/mol. The molecule has 6 atom stereocenters. The van der Waals surface area contributed by atoms with Crippen LogP contribution in [0.15, 0.2) is 48.9 Å². The highest BCUT2D eigenvalue weighted by Crippen LogP contribution is 2.48. The molecule has 12 heteroatoms. The molecule has 6 unspecified atom stereocenters. The summed E-state index contributed by atoms with van der Waals surface area (Å²) in [4.78, 5) is 20.6. The first-order valence-electron chi connectivity index (χ1n) is 11.9. The molecule has 0 saturated carbocycles. The van der Waals surface area contributed by atoms with Gasteiger partial charge in [0, 0.05) is 12.1 Å². The van der Waals surface area contributed by atoms with Crippen LogP contribution in [-0.2, 0) is 23.4 Å². The normalized spacial score (nSPS) is 23.2. The largest absolute Gasteiger partial charge is 0.465 e. The van der Waals surface area contributed by atoms with E-state index in [4.69, 9.17) is 24.3 Å². The molecule has 3 heterocycles. The lowest BCUT2D eigenvalue weighted by Crippen LogP contribution is -2.37. The highest BCUT2D eigenvalue weighted by molar-refractivity contribution is 7.52. The molecule has 3 aromatic rings. The van der Waals surface area contributed by atoms with Crippen molar-refractivity contribution in [3.8, 4) is 5.75 Å². The van der Waals surface area contributed by atoms with E-state index in [0.29, 0.717) is 23.6 Å². The average Bonchev–Trinajstić information content (AvgIpc) is 3.43. The Labute approximate surface area is 209 Å². The number of nitrogens with one attached hydrogen (secondary N) is 1. The summed E-state index contributed by atoms with van der Waals surface area (Å²) in [6.07, 6.45) is 2.59. The summed E-state index contributed by atoms with van der Waals surface area (Å²) in [5, 5.41) is 3.46. The van der Waals surface area contributed by atoms with Crippen LogP contribution in [0, 0.1) is 5.92 Å². The molecule has 2 aromatic heterocycles. The van der Waals surface area contributed by atoms with Crippen LogP contribution < -0.4 is 15.3 Å². The quantitative estimate of drug-likeness (QED) is 0.299. The van der Waals surface area contributed by atoms with E-state index in [9.17, 15) is 9.36 Å². The number of nitrogens with two attached hydrogens (primary N) is 1. The molecule has 1 aliphatic rings. The molecule has 1 fully saturated rings. The molecule has 0 spiro atoms. The van der Waals surface area contributed by atoms with Gasteiger partial charge in [-0.25, -0.2) is 14.5 Å². The molecule has 36 heavy (non-hydrogen) atoms. The van der Waals surface area contributed by atoms with E-state index in [1.807, 2.05) is 22.9 Å². The third kappa shape index (κ3) is 5.70. The second-order valence-electron chi connectivity index (χ2n) is 8.81. The molecule has 4 rings (SSSR count). The predicted octanol–water partition coefficient (Wildman–Crippen LogP) is 4.07. The van der Waals surface area contributed by atoms with Crippen LogP contribution in [0.25, 0.3) is 11.0 Å². The number of fused-ring (bicyclic) bond motifs is 1. The Morgan fingerprint density at radius 1 is 1.28 bits per heavy atom. The fraction of sp³-hybridized carbons (Fsp3) is 0.458. The van der Waals surface area contributed by atoms with Crippen molar-refractivity contribution in [1.82, 2.24) is 19.6 Å². The van der Waals surface area contributed by atoms with E-state index in [1.165, 1.54) is 6.33 Å². The lowest BCUT2D eigenvalue weighted by atomic mass is 10.0. The van der Waals surface area contributed by atoms with Gasteiger partial charge in [-0.1, -0.05) is 25.1 Å². The van der Waals surface area contributed by atoms with Gasteiger partial charge in [-0.2, -0.15) is 5.09 Å². The van der Waals surface area contributed by atoms with Crippen LogP contribution in [0.5, 0.6) is 5.75 Å². The van der Waals surface area contributed by atoms with Gasteiger partial charge in [0.15, 0.2) is 0 Å². The third-order valence-corrected chi connectivity index (χ3v) is 7.77.